The molecule has 0 amide bonds. The van der Waals surface area contributed by atoms with Gasteiger partial charge in [0.1, 0.15) is 6.11 Å². The summed E-state index contributed by atoms with van der Waals surface area (Å²) in [6, 6.07) is 6.49. The third-order valence-electron chi connectivity index (χ3n) is 3.71. The molecule has 0 atom stereocenters. The van der Waals surface area contributed by atoms with Gasteiger partial charge in [-0.05, 0) is 93.0 Å². The minimum atomic E-state index is -0.216. The predicted molar refractivity (Wildman–Crippen MR) is 116 cm³/mol. The first-order chi connectivity index (χ1) is 11.5. The number of nitrogens with zero attached hydrogens (tertiary/aromatic N) is 1. The Morgan fingerprint density at radius 3 is 2.04 bits per heavy atom. The van der Waals surface area contributed by atoms with Gasteiger partial charge in [0, 0.05) is 3.57 Å². The van der Waals surface area contributed by atoms with Gasteiger partial charge in [-0.3, -0.25) is 0 Å². The lowest BCUT2D eigenvalue weighted by molar-refractivity contribution is -0.211. The standard InChI is InChI=1S/C14H16INO.C5H6.C3H6/c1-6-17-16-13(2,3)11-8-7-10(15)9-12(11)14(16,4)5;1-4-5(2)3;1-3-2/h1,7-9H,2-5H3;1H,2H2,3H3;3H,1H2,2H3. The van der Waals surface area contributed by atoms with Crippen molar-refractivity contribution in [1.29, 1.82) is 0 Å². The molecule has 0 bridgehead atoms. The number of hydrogen-bond acceptors (Lipinski definition) is 2. The van der Waals surface area contributed by atoms with Crippen LogP contribution in [-0.2, 0) is 15.9 Å². The van der Waals surface area contributed by atoms with Crippen LogP contribution in [0.4, 0.5) is 0 Å². The van der Waals surface area contributed by atoms with Crippen molar-refractivity contribution in [2.75, 3.05) is 0 Å². The number of allylic oxidation sites excluding steroid dienone is 2. The van der Waals surface area contributed by atoms with Gasteiger partial charge in [-0.1, -0.05) is 31.1 Å². The van der Waals surface area contributed by atoms with Gasteiger partial charge in [0.25, 0.3) is 0 Å². The highest BCUT2D eigenvalue weighted by Crippen LogP contribution is 2.49. The summed E-state index contributed by atoms with van der Waals surface area (Å²) >= 11 is 2.33. The van der Waals surface area contributed by atoms with Crippen molar-refractivity contribution in [2.45, 2.75) is 52.6 Å². The molecule has 1 aromatic carbocycles. The van der Waals surface area contributed by atoms with E-state index in [-0.39, 0.29) is 11.1 Å². The lowest BCUT2D eigenvalue weighted by Gasteiger charge is -2.36. The molecular formula is C22H28INO. The average Bonchev–Trinajstić information content (AvgIpc) is 2.66. The summed E-state index contributed by atoms with van der Waals surface area (Å²) in [6.07, 6.45) is 14.2. The Hall–Kier alpha value is -1.69. The normalized spacial score (nSPS) is 15.7. The second-order valence-electron chi connectivity index (χ2n) is 6.64. The number of hydrogen-bond donors (Lipinski definition) is 0. The number of rotatable bonds is 1. The quantitative estimate of drug-likeness (QED) is 0.297. The zero-order chi connectivity index (χ0) is 19.8. The van der Waals surface area contributed by atoms with Gasteiger partial charge in [0.15, 0.2) is 0 Å². The van der Waals surface area contributed by atoms with Gasteiger partial charge >= 0.3 is 0 Å². The van der Waals surface area contributed by atoms with Gasteiger partial charge in [0.2, 0.25) is 0 Å². The monoisotopic (exact) mass is 449 g/mol. The molecule has 2 rings (SSSR count). The average molecular weight is 449 g/mol. The Bertz CT molecular complexity index is 702. The summed E-state index contributed by atoms with van der Waals surface area (Å²) in [4.78, 5) is 5.41. The Kier molecular flexibility index (Phi) is 9.05. The van der Waals surface area contributed by atoms with Gasteiger partial charge in [-0.2, -0.15) is 0 Å². The van der Waals surface area contributed by atoms with E-state index in [9.17, 15) is 0 Å². The Labute approximate surface area is 167 Å². The van der Waals surface area contributed by atoms with Crippen molar-refractivity contribution in [3.63, 3.8) is 0 Å². The zero-order valence-electron chi connectivity index (χ0n) is 16.1. The van der Waals surface area contributed by atoms with Crippen LogP contribution in [0.1, 0.15) is 52.7 Å². The van der Waals surface area contributed by atoms with E-state index in [2.05, 4.69) is 93.7 Å². The summed E-state index contributed by atoms with van der Waals surface area (Å²) in [7, 11) is 0. The van der Waals surface area contributed by atoms with Crippen molar-refractivity contribution >= 4 is 22.6 Å². The van der Waals surface area contributed by atoms with E-state index >= 15 is 0 Å². The van der Waals surface area contributed by atoms with Crippen LogP contribution >= 0.6 is 22.6 Å². The molecule has 0 spiro atoms. The minimum Gasteiger partial charge on any atom is -0.352 e. The first-order valence-electron chi connectivity index (χ1n) is 7.93. The van der Waals surface area contributed by atoms with Crippen molar-refractivity contribution < 1.29 is 4.84 Å². The third-order valence-corrected chi connectivity index (χ3v) is 4.38. The molecule has 1 aliphatic heterocycles. The number of terminal acetylenes is 2. The fourth-order valence-electron chi connectivity index (χ4n) is 2.75. The predicted octanol–water partition coefficient (Wildman–Crippen LogP) is 5.99. The van der Waals surface area contributed by atoms with Gasteiger partial charge < -0.3 is 4.84 Å². The molecule has 2 nitrogen and oxygen atoms in total. The van der Waals surface area contributed by atoms with Crippen LogP contribution in [0.25, 0.3) is 0 Å². The van der Waals surface area contributed by atoms with Crippen molar-refractivity contribution in [3.05, 3.63) is 57.7 Å². The molecule has 0 fully saturated rings. The Morgan fingerprint density at radius 1 is 1.20 bits per heavy atom. The van der Waals surface area contributed by atoms with Gasteiger partial charge in [0.05, 0.1) is 11.1 Å². The van der Waals surface area contributed by atoms with Crippen LogP contribution in [0.2, 0.25) is 0 Å². The summed E-state index contributed by atoms with van der Waals surface area (Å²) in [6.45, 7) is 19.0. The third kappa shape index (κ3) is 5.66. The summed E-state index contributed by atoms with van der Waals surface area (Å²) < 4.78 is 1.23. The number of halogens is 1. The summed E-state index contributed by atoms with van der Waals surface area (Å²) in [5.74, 6) is 2.33. The second-order valence-corrected chi connectivity index (χ2v) is 7.89. The van der Waals surface area contributed by atoms with E-state index in [1.807, 2.05) is 12.0 Å². The second kappa shape index (κ2) is 9.70. The van der Waals surface area contributed by atoms with E-state index in [0.29, 0.717) is 0 Å². The molecule has 25 heavy (non-hydrogen) atoms. The number of benzene rings is 1. The van der Waals surface area contributed by atoms with E-state index < -0.39 is 0 Å². The lowest BCUT2D eigenvalue weighted by Crippen LogP contribution is -2.44. The molecule has 1 aliphatic rings. The molecule has 1 aromatic rings. The van der Waals surface area contributed by atoms with E-state index in [1.54, 1.807) is 13.0 Å². The highest BCUT2D eigenvalue weighted by Gasteiger charge is 2.51. The maximum Gasteiger partial charge on any atom is 0.134 e. The zero-order valence-corrected chi connectivity index (χ0v) is 18.3. The van der Waals surface area contributed by atoms with Crippen molar-refractivity contribution in [3.8, 4) is 24.9 Å². The molecule has 0 unspecified atom stereocenters. The first-order valence-corrected chi connectivity index (χ1v) is 9.01. The molecule has 1 heterocycles. The maximum absolute atomic E-state index is 5.41. The molecule has 0 aromatic heterocycles. The van der Waals surface area contributed by atoms with Gasteiger partial charge in [-0.25, -0.2) is 0 Å². The Balaban J connectivity index is 0.000000610. The number of hydroxylamine groups is 2. The van der Waals surface area contributed by atoms with Gasteiger partial charge in [-0.15, -0.1) is 18.1 Å². The topological polar surface area (TPSA) is 12.5 Å². The molecule has 3 heteroatoms. The lowest BCUT2D eigenvalue weighted by atomic mass is 9.91. The fourth-order valence-corrected chi connectivity index (χ4v) is 3.25. The van der Waals surface area contributed by atoms with Crippen LogP contribution in [0.15, 0.2) is 43.0 Å². The van der Waals surface area contributed by atoms with Crippen LogP contribution in [0, 0.1) is 28.4 Å². The Morgan fingerprint density at radius 2 is 1.64 bits per heavy atom. The highest BCUT2D eigenvalue weighted by molar-refractivity contribution is 14.1. The smallest absolute Gasteiger partial charge is 0.134 e. The SMILES string of the molecule is C#CC(=C)C.C#CON1C(C)(C)c2ccc(I)cc2C1(C)C.C=CC. The first kappa shape index (κ1) is 23.3. The maximum atomic E-state index is 5.41. The van der Waals surface area contributed by atoms with E-state index in [1.165, 1.54) is 14.7 Å². The minimum absolute atomic E-state index is 0.213. The molecule has 0 saturated heterocycles. The highest BCUT2D eigenvalue weighted by atomic mass is 127. The van der Waals surface area contributed by atoms with Crippen LogP contribution in [-0.4, -0.2) is 5.06 Å². The molecule has 0 N–H and O–H groups in total. The van der Waals surface area contributed by atoms with Crippen molar-refractivity contribution in [1.82, 2.24) is 5.06 Å². The van der Waals surface area contributed by atoms with Crippen molar-refractivity contribution in [2.24, 2.45) is 0 Å². The van der Waals surface area contributed by atoms with Crippen LogP contribution < -0.4 is 0 Å². The van der Waals surface area contributed by atoms with E-state index in [0.717, 1.165) is 5.57 Å². The summed E-state index contributed by atoms with van der Waals surface area (Å²) in [5, 5.41) is 1.90. The van der Waals surface area contributed by atoms with Crippen LogP contribution in [0.5, 0.6) is 0 Å². The molecular weight excluding hydrogens is 421 g/mol. The van der Waals surface area contributed by atoms with E-state index in [4.69, 9.17) is 17.7 Å². The fraction of sp³-hybridized carbons (Fsp3) is 0.364. The number of fused-ring (bicyclic) bond motifs is 1. The largest absolute Gasteiger partial charge is 0.352 e. The molecule has 0 radical (unpaired) electrons. The molecule has 134 valence electrons. The molecule has 0 aliphatic carbocycles. The van der Waals surface area contributed by atoms with Crippen LogP contribution in [0.3, 0.4) is 0 Å². The molecule has 0 saturated carbocycles. The summed E-state index contributed by atoms with van der Waals surface area (Å²) in [5.41, 5.74) is 2.91.